The SMILES string of the molecule is Cc1ccc(CNCCC(=O)N2CCCC2)o1. The molecule has 0 atom stereocenters. The molecular formula is C13H20N2O2. The van der Waals surface area contributed by atoms with Gasteiger partial charge in [-0.3, -0.25) is 4.79 Å². The van der Waals surface area contributed by atoms with Gasteiger partial charge in [0.15, 0.2) is 0 Å². The second-order valence-electron chi connectivity index (χ2n) is 4.53. The number of carbonyl (C=O) groups excluding carboxylic acids is 1. The standard InChI is InChI=1S/C13H20N2O2/c1-11-4-5-12(17-11)10-14-7-6-13(16)15-8-2-3-9-15/h4-5,14H,2-3,6-10H2,1H3. The van der Waals surface area contributed by atoms with E-state index in [9.17, 15) is 4.79 Å². The van der Waals surface area contributed by atoms with Crippen LogP contribution in [0.25, 0.3) is 0 Å². The molecule has 1 aromatic heterocycles. The van der Waals surface area contributed by atoms with Crippen LogP contribution in [0.1, 0.15) is 30.8 Å². The fourth-order valence-electron chi connectivity index (χ4n) is 2.11. The molecule has 4 nitrogen and oxygen atoms in total. The number of hydrogen-bond acceptors (Lipinski definition) is 3. The molecule has 4 heteroatoms. The van der Waals surface area contributed by atoms with Crippen molar-refractivity contribution in [2.24, 2.45) is 0 Å². The van der Waals surface area contributed by atoms with Crippen LogP contribution in [-0.2, 0) is 11.3 Å². The van der Waals surface area contributed by atoms with Crippen LogP contribution in [-0.4, -0.2) is 30.4 Å². The number of nitrogens with one attached hydrogen (secondary N) is 1. The van der Waals surface area contributed by atoms with Crippen LogP contribution in [0.2, 0.25) is 0 Å². The van der Waals surface area contributed by atoms with Crippen LogP contribution in [0.15, 0.2) is 16.5 Å². The summed E-state index contributed by atoms with van der Waals surface area (Å²) in [5.41, 5.74) is 0. The number of rotatable bonds is 5. The number of nitrogens with zero attached hydrogens (tertiary/aromatic N) is 1. The van der Waals surface area contributed by atoms with Gasteiger partial charge in [-0.15, -0.1) is 0 Å². The van der Waals surface area contributed by atoms with Crippen molar-refractivity contribution in [1.29, 1.82) is 0 Å². The van der Waals surface area contributed by atoms with Gasteiger partial charge in [-0.05, 0) is 31.9 Å². The number of aryl methyl sites for hydroxylation is 1. The zero-order chi connectivity index (χ0) is 12.1. The Hall–Kier alpha value is -1.29. The summed E-state index contributed by atoms with van der Waals surface area (Å²) in [5, 5.41) is 3.23. The molecule has 2 heterocycles. The van der Waals surface area contributed by atoms with E-state index < -0.39 is 0 Å². The second kappa shape index (κ2) is 5.87. The van der Waals surface area contributed by atoms with Gasteiger partial charge in [0.2, 0.25) is 5.91 Å². The lowest BCUT2D eigenvalue weighted by molar-refractivity contribution is -0.130. The van der Waals surface area contributed by atoms with Gasteiger partial charge in [-0.2, -0.15) is 0 Å². The van der Waals surface area contributed by atoms with Crippen LogP contribution in [0.5, 0.6) is 0 Å². The van der Waals surface area contributed by atoms with Crippen LogP contribution in [0, 0.1) is 6.92 Å². The molecule has 0 spiro atoms. The summed E-state index contributed by atoms with van der Waals surface area (Å²) in [6.45, 7) is 5.23. The molecule has 0 aromatic carbocycles. The van der Waals surface area contributed by atoms with Gasteiger partial charge in [-0.1, -0.05) is 0 Å². The van der Waals surface area contributed by atoms with E-state index in [2.05, 4.69) is 5.32 Å². The molecule has 1 amide bonds. The molecule has 1 N–H and O–H groups in total. The van der Waals surface area contributed by atoms with Gasteiger partial charge in [-0.25, -0.2) is 0 Å². The first-order valence-corrected chi connectivity index (χ1v) is 6.29. The van der Waals surface area contributed by atoms with Crippen molar-refractivity contribution in [3.8, 4) is 0 Å². The summed E-state index contributed by atoms with van der Waals surface area (Å²) in [6.07, 6.45) is 2.90. The minimum atomic E-state index is 0.269. The Morgan fingerprint density at radius 3 is 2.82 bits per heavy atom. The van der Waals surface area contributed by atoms with Crippen molar-refractivity contribution < 1.29 is 9.21 Å². The van der Waals surface area contributed by atoms with E-state index in [4.69, 9.17) is 4.42 Å². The van der Waals surface area contributed by atoms with Crippen LogP contribution < -0.4 is 5.32 Å². The maximum absolute atomic E-state index is 11.7. The van der Waals surface area contributed by atoms with Crippen LogP contribution >= 0.6 is 0 Å². The van der Waals surface area contributed by atoms with E-state index >= 15 is 0 Å². The van der Waals surface area contributed by atoms with Crippen molar-refractivity contribution >= 4 is 5.91 Å². The molecule has 0 aliphatic carbocycles. The maximum Gasteiger partial charge on any atom is 0.223 e. The highest BCUT2D eigenvalue weighted by Crippen LogP contribution is 2.09. The third-order valence-corrected chi connectivity index (χ3v) is 3.07. The molecule has 94 valence electrons. The smallest absolute Gasteiger partial charge is 0.223 e. The molecule has 0 radical (unpaired) electrons. The number of likely N-dealkylation sites (tertiary alicyclic amines) is 1. The van der Waals surface area contributed by atoms with Crippen molar-refractivity contribution in [2.75, 3.05) is 19.6 Å². The van der Waals surface area contributed by atoms with Gasteiger partial charge < -0.3 is 14.6 Å². The molecule has 0 bridgehead atoms. The summed E-state index contributed by atoms with van der Waals surface area (Å²) >= 11 is 0. The molecule has 0 unspecified atom stereocenters. The third-order valence-electron chi connectivity index (χ3n) is 3.07. The lowest BCUT2D eigenvalue weighted by Gasteiger charge is -2.14. The molecule has 0 saturated carbocycles. The first kappa shape index (κ1) is 12.2. The van der Waals surface area contributed by atoms with Gasteiger partial charge in [0.1, 0.15) is 11.5 Å². The van der Waals surface area contributed by atoms with Crippen molar-refractivity contribution in [3.05, 3.63) is 23.7 Å². The van der Waals surface area contributed by atoms with E-state index in [0.717, 1.165) is 44.0 Å². The lowest BCUT2D eigenvalue weighted by Crippen LogP contribution is -2.30. The zero-order valence-electron chi connectivity index (χ0n) is 10.4. The zero-order valence-corrected chi connectivity index (χ0v) is 10.4. The first-order chi connectivity index (χ1) is 8.25. The minimum Gasteiger partial charge on any atom is -0.465 e. The Balaban J connectivity index is 1.61. The predicted molar refractivity (Wildman–Crippen MR) is 65.6 cm³/mol. The summed E-state index contributed by atoms with van der Waals surface area (Å²) in [6, 6.07) is 3.91. The molecule has 1 aliphatic heterocycles. The van der Waals surface area contributed by atoms with E-state index in [1.165, 1.54) is 0 Å². The Labute approximate surface area is 102 Å². The normalized spacial score (nSPS) is 15.5. The average Bonchev–Trinajstić information content (AvgIpc) is 2.95. The van der Waals surface area contributed by atoms with Crippen LogP contribution in [0.4, 0.5) is 0 Å². The highest BCUT2D eigenvalue weighted by Gasteiger charge is 2.16. The molecule has 1 saturated heterocycles. The Morgan fingerprint density at radius 2 is 2.18 bits per heavy atom. The van der Waals surface area contributed by atoms with Gasteiger partial charge in [0.05, 0.1) is 6.54 Å². The van der Waals surface area contributed by atoms with E-state index in [0.29, 0.717) is 13.0 Å². The highest BCUT2D eigenvalue weighted by molar-refractivity contribution is 5.76. The maximum atomic E-state index is 11.7. The summed E-state index contributed by atoms with van der Waals surface area (Å²) in [4.78, 5) is 13.7. The van der Waals surface area contributed by atoms with Crippen molar-refractivity contribution in [2.45, 2.75) is 32.7 Å². The monoisotopic (exact) mass is 236 g/mol. The number of carbonyl (C=O) groups is 1. The van der Waals surface area contributed by atoms with Gasteiger partial charge in [0.25, 0.3) is 0 Å². The van der Waals surface area contributed by atoms with E-state index in [-0.39, 0.29) is 5.91 Å². The topological polar surface area (TPSA) is 45.5 Å². The molecule has 1 aromatic rings. The fourth-order valence-corrected chi connectivity index (χ4v) is 2.11. The lowest BCUT2D eigenvalue weighted by atomic mass is 10.3. The molecule has 17 heavy (non-hydrogen) atoms. The number of furan rings is 1. The molecular weight excluding hydrogens is 216 g/mol. The quantitative estimate of drug-likeness (QED) is 0.791. The van der Waals surface area contributed by atoms with Crippen LogP contribution in [0.3, 0.4) is 0 Å². The number of hydrogen-bond donors (Lipinski definition) is 1. The molecule has 2 rings (SSSR count). The Kier molecular flexibility index (Phi) is 4.20. The largest absolute Gasteiger partial charge is 0.465 e. The summed E-state index contributed by atoms with van der Waals surface area (Å²) < 4.78 is 5.43. The summed E-state index contributed by atoms with van der Waals surface area (Å²) in [5.74, 6) is 2.12. The van der Waals surface area contributed by atoms with Gasteiger partial charge in [0, 0.05) is 26.1 Å². The van der Waals surface area contributed by atoms with Crippen molar-refractivity contribution in [1.82, 2.24) is 10.2 Å². The fraction of sp³-hybridized carbons (Fsp3) is 0.615. The van der Waals surface area contributed by atoms with Crippen molar-refractivity contribution in [3.63, 3.8) is 0 Å². The highest BCUT2D eigenvalue weighted by atomic mass is 16.3. The first-order valence-electron chi connectivity index (χ1n) is 6.29. The van der Waals surface area contributed by atoms with E-state index in [1.807, 2.05) is 24.0 Å². The summed E-state index contributed by atoms with van der Waals surface area (Å²) in [7, 11) is 0. The van der Waals surface area contributed by atoms with Gasteiger partial charge >= 0.3 is 0 Å². The average molecular weight is 236 g/mol. The predicted octanol–water partition coefficient (Wildman–Crippen LogP) is 1.69. The second-order valence-corrected chi connectivity index (χ2v) is 4.53. The third kappa shape index (κ3) is 3.60. The Morgan fingerprint density at radius 1 is 1.41 bits per heavy atom. The minimum absolute atomic E-state index is 0.269. The Bertz CT molecular complexity index is 367. The molecule has 1 fully saturated rings. The number of amides is 1. The molecule has 1 aliphatic rings. The van der Waals surface area contributed by atoms with E-state index in [1.54, 1.807) is 0 Å².